The van der Waals surface area contributed by atoms with Gasteiger partial charge in [-0.05, 0) is 105 Å². The van der Waals surface area contributed by atoms with Crippen molar-refractivity contribution in [1.29, 1.82) is 0 Å². The van der Waals surface area contributed by atoms with Gasteiger partial charge in [0, 0.05) is 58.3 Å². The number of nitrogens with zero attached hydrogens (tertiary/aromatic N) is 4. The van der Waals surface area contributed by atoms with E-state index in [0.717, 1.165) is 46.1 Å². The number of fused-ring (bicyclic) bond motifs is 3. The van der Waals surface area contributed by atoms with E-state index >= 15 is 0 Å². The minimum Gasteiger partial charge on any atom is -0.457 e. The molecule has 2 aromatic heterocycles. The number of aromatic nitrogens is 2. The Kier molecular flexibility index (Phi) is 9.58. The van der Waals surface area contributed by atoms with Crippen LogP contribution in [-0.2, 0) is 21.7 Å². The third kappa shape index (κ3) is 7.51. The number of hydrogen-bond donors (Lipinski definition) is 0. The van der Waals surface area contributed by atoms with E-state index in [2.05, 4.69) is 218 Å². The van der Waals surface area contributed by atoms with Crippen LogP contribution >= 0.6 is 0 Å². The summed E-state index contributed by atoms with van der Waals surface area (Å²) in [7, 11) is 0. The van der Waals surface area contributed by atoms with E-state index in [-0.39, 0.29) is 21.7 Å². The maximum Gasteiger partial charge on any atom is 0.137 e. The Hall–Kier alpha value is -5.81. The summed E-state index contributed by atoms with van der Waals surface area (Å²) in [4.78, 5) is 9.56. The minimum atomic E-state index is -0.171. The van der Waals surface area contributed by atoms with Gasteiger partial charge < -0.3 is 14.5 Å². The number of pyridine rings is 1. The standard InChI is InChI=1S/C53H58N4O/c1-50(2,3)37-24-25-54-49(32-37)57-47-23-20-38(53(10,11)36-16-13-12-14-17-36)31-46(47)45-22-21-44(34-48(45)57)58-43-19-15-18-41(33-43)55-26-27-56(35-55)42-29-39(51(4,5)6)28-40(30-42)52(7,8)9/h12-34H,35H2,1-11H3. The largest absolute Gasteiger partial charge is 0.457 e. The van der Waals surface area contributed by atoms with Crippen LogP contribution in [0.3, 0.4) is 0 Å². The quantitative estimate of drug-likeness (QED) is 0.162. The molecule has 0 spiro atoms. The summed E-state index contributed by atoms with van der Waals surface area (Å²) in [6.45, 7) is 25.8. The topological polar surface area (TPSA) is 33.5 Å². The van der Waals surface area contributed by atoms with Crippen LogP contribution in [0, 0.1) is 0 Å². The zero-order chi connectivity index (χ0) is 41.2. The predicted octanol–water partition coefficient (Wildman–Crippen LogP) is 13.9. The summed E-state index contributed by atoms with van der Waals surface area (Å²) < 4.78 is 9.00. The first-order valence-electron chi connectivity index (χ1n) is 20.6. The average molecular weight is 767 g/mol. The third-order valence-electron chi connectivity index (χ3n) is 11.9. The lowest BCUT2D eigenvalue weighted by Crippen LogP contribution is -2.26. The van der Waals surface area contributed by atoms with Gasteiger partial charge in [-0.25, -0.2) is 4.98 Å². The summed E-state index contributed by atoms with van der Waals surface area (Å²) >= 11 is 0. The van der Waals surface area contributed by atoms with Crippen molar-refractivity contribution in [3.63, 3.8) is 0 Å². The number of benzene rings is 5. The Labute approximate surface area is 345 Å². The van der Waals surface area contributed by atoms with Crippen molar-refractivity contribution in [3.8, 4) is 17.3 Å². The highest BCUT2D eigenvalue weighted by Gasteiger charge is 2.27. The Morgan fingerprint density at radius 3 is 1.79 bits per heavy atom. The number of rotatable bonds is 7. The van der Waals surface area contributed by atoms with E-state index in [4.69, 9.17) is 9.72 Å². The molecule has 5 nitrogen and oxygen atoms in total. The van der Waals surface area contributed by atoms with E-state index < -0.39 is 0 Å². The maximum absolute atomic E-state index is 6.71. The molecule has 0 bridgehead atoms. The van der Waals surface area contributed by atoms with Gasteiger partial charge in [0.25, 0.3) is 0 Å². The first-order chi connectivity index (χ1) is 27.4. The molecule has 3 heterocycles. The Balaban J connectivity index is 1.14. The van der Waals surface area contributed by atoms with Gasteiger partial charge in [-0.1, -0.05) is 125 Å². The lowest BCUT2D eigenvalue weighted by molar-refractivity contribution is 0.483. The van der Waals surface area contributed by atoms with Gasteiger partial charge >= 0.3 is 0 Å². The molecule has 0 saturated carbocycles. The minimum absolute atomic E-state index is 0.0179. The molecule has 5 aromatic carbocycles. The van der Waals surface area contributed by atoms with Crippen molar-refractivity contribution >= 4 is 33.2 Å². The SMILES string of the molecule is CC(C)(C)c1cc(N2C=CN(c3cccc(Oc4ccc5c6cc(C(C)(C)c7ccccc7)ccc6n(-c6cc(C(C)(C)C)ccn6)c5c4)c3)C2)cc(C(C)(C)C)c1. The number of anilines is 2. The summed E-state index contributed by atoms with van der Waals surface area (Å²) in [5.41, 5.74) is 10.9. The van der Waals surface area contributed by atoms with Gasteiger partial charge in [0.15, 0.2) is 0 Å². The van der Waals surface area contributed by atoms with Crippen LogP contribution in [0.15, 0.2) is 140 Å². The molecule has 0 aliphatic carbocycles. The van der Waals surface area contributed by atoms with Crippen LogP contribution in [0.2, 0.25) is 0 Å². The van der Waals surface area contributed by atoms with Crippen molar-refractivity contribution < 1.29 is 4.74 Å². The Morgan fingerprint density at radius 2 is 1.12 bits per heavy atom. The van der Waals surface area contributed by atoms with Crippen molar-refractivity contribution in [2.24, 2.45) is 0 Å². The molecule has 58 heavy (non-hydrogen) atoms. The van der Waals surface area contributed by atoms with Crippen molar-refractivity contribution in [3.05, 3.63) is 168 Å². The van der Waals surface area contributed by atoms with Crippen LogP contribution in [-0.4, -0.2) is 16.2 Å². The molecule has 0 N–H and O–H groups in total. The Morgan fingerprint density at radius 1 is 0.466 bits per heavy atom. The van der Waals surface area contributed by atoms with Crippen LogP contribution in [0.4, 0.5) is 11.4 Å². The molecule has 0 unspecified atom stereocenters. The van der Waals surface area contributed by atoms with Crippen molar-refractivity contribution in [1.82, 2.24) is 9.55 Å². The third-order valence-corrected chi connectivity index (χ3v) is 11.9. The van der Waals surface area contributed by atoms with E-state index in [1.54, 1.807) is 0 Å². The van der Waals surface area contributed by atoms with Crippen LogP contribution in [0.25, 0.3) is 27.6 Å². The second-order valence-corrected chi connectivity index (χ2v) is 19.6. The first kappa shape index (κ1) is 39.0. The first-order valence-corrected chi connectivity index (χ1v) is 20.6. The van der Waals surface area contributed by atoms with Gasteiger partial charge in [0.2, 0.25) is 0 Å². The second kappa shape index (κ2) is 14.2. The molecule has 0 saturated heterocycles. The molecule has 5 heteroatoms. The highest BCUT2D eigenvalue weighted by atomic mass is 16.5. The highest BCUT2D eigenvalue weighted by molar-refractivity contribution is 6.09. The van der Waals surface area contributed by atoms with E-state index in [9.17, 15) is 0 Å². The average Bonchev–Trinajstić information content (AvgIpc) is 3.81. The van der Waals surface area contributed by atoms with Gasteiger partial charge in [-0.2, -0.15) is 0 Å². The molecule has 8 rings (SSSR count). The zero-order valence-electron chi connectivity index (χ0n) is 36.2. The molecule has 1 aliphatic heterocycles. The van der Waals surface area contributed by atoms with Crippen molar-refractivity contribution in [2.75, 3.05) is 16.5 Å². The molecule has 0 fully saturated rings. The van der Waals surface area contributed by atoms with Gasteiger partial charge in [-0.15, -0.1) is 0 Å². The van der Waals surface area contributed by atoms with E-state index in [1.165, 1.54) is 38.9 Å². The van der Waals surface area contributed by atoms with Crippen molar-refractivity contribution in [2.45, 2.75) is 97.8 Å². The molecule has 296 valence electrons. The summed E-state index contributed by atoms with van der Waals surface area (Å²) in [6.07, 6.45) is 6.28. The second-order valence-electron chi connectivity index (χ2n) is 19.6. The van der Waals surface area contributed by atoms with Crippen LogP contribution in [0.5, 0.6) is 11.5 Å². The lowest BCUT2D eigenvalue weighted by atomic mass is 9.78. The normalized spacial score (nSPS) is 13.9. The molecule has 0 radical (unpaired) electrons. The molecule has 0 atom stereocenters. The van der Waals surface area contributed by atoms with Gasteiger partial charge in [0.1, 0.15) is 17.3 Å². The number of hydrogen-bond acceptors (Lipinski definition) is 4. The number of ether oxygens (including phenoxy) is 1. The highest BCUT2D eigenvalue weighted by Crippen LogP contribution is 2.41. The maximum atomic E-state index is 6.71. The monoisotopic (exact) mass is 766 g/mol. The summed E-state index contributed by atoms with van der Waals surface area (Å²) in [5.74, 6) is 2.46. The fraction of sp³-hybridized carbons (Fsp3) is 0.302. The molecular weight excluding hydrogens is 709 g/mol. The molecule has 7 aromatic rings. The molecule has 0 amide bonds. The zero-order valence-corrected chi connectivity index (χ0v) is 36.2. The van der Waals surface area contributed by atoms with Crippen LogP contribution in [0.1, 0.15) is 104 Å². The fourth-order valence-corrected chi connectivity index (χ4v) is 7.99. The van der Waals surface area contributed by atoms with Gasteiger partial charge in [-0.3, -0.25) is 4.57 Å². The molecular formula is C53H58N4O. The summed E-state index contributed by atoms with van der Waals surface area (Å²) in [6, 6.07) is 44.0. The Bertz CT molecular complexity index is 2630. The van der Waals surface area contributed by atoms with E-state index in [1.807, 2.05) is 12.3 Å². The summed E-state index contributed by atoms with van der Waals surface area (Å²) in [5, 5.41) is 2.36. The lowest BCUT2D eigenvalue weighted by Gasteiger charge is -2.29. The smallest absolute Gasteiger partial charge is 0.137 e. The predicted molar refractivity (Wildman–Crippen MR) is 245 cm³/mol. The van der Waals surface area contributed by atoms with Gasteiger partial charge in [0.05, 0.1) is 17.7 Å². The fourth-order valence-electron chi connectivity index (χ4n) is 7.99. The molecule has 1 aliphatic rings. The van der Waals surface area contributed by atoms with E-state index in [0.29, 0.717) is 0 Å². The van der Waals surface area contributed by atoms with Crippen LogP contribution < -0.4 is 14.5 Å².